The Balaban J connectivity index is 1.44. The average molecular weight is 623 g/mol. The predicted octanol–water partition coefficient (Wildman–Crippen LogP) is -1.35. The monoisotopic (exact) mass is 622 g/mol. The molecule has 2 saturated heterocycles. The third-order valence-electron chi connectivity index (χ3n) is 7.35. The minimum absolute atomic E-state index is 0.00320. The molecule has 16 heteroatoms. The third kappa shape index (κ3) is 5.76. The second-order valence-corrected chi connectivity index (χ2v) is 10.3. The third-order valence-corrected chi connectivity index (χ3v) is 7.35. The van der Waals surface area contributed by atoms with Crippen molar-refractivity contribution < 1.29 is 73.7 Å². The predicted molar refractivity (Wildman–Crippen MR) is 144 cm³/mol. The Morgan fingerprint density at radius 3 is 2.11 bits per heavy atom. The molecule has 0 amide bonds. The van der Waals surface area contributed by atoms with Crippen molar-refractivity contribution in [2.24, 2.45) is 0 Å². The van der Waals surface area contributed by atoms with Crippen LogP contribution in [0, 0.1) is 0 Å². The fourth-order valence-electron chi connectivity index (χ4n) is 4.89. The summed E-state index contributed by atoms with van der Waals surface area (Å²) < 4.78 is 33.0. The maximum atomic E-state index is 13.0. The van der Waals surface area contributed by atoms with Gasteiger partial charge in [0, 0.05) is 23.8 Å². The number of benzene rings is 2. The van der Waals surface area contributed by atoms with Gasteiger partial charge in [-0.3, -0.25) is 4.79 Å². The molecule has 3 aromatic rings. The molecule has 2 fully saturated rings. The molecule has 10 atom stereocenters. The van der Waals surface area contributed by atoms with Crippen LogP contribution in [-0.2, 0) is 14.3 Å². The number of ether oxygens (including phenoxy) is 5. The minimum Gasteiger partial charge on any atom is -0.507 e. The Morgan fingerprint density at radius 1 is 0.795 bits per heavy atom. The number of hydrogen-bond acceptors (Lipinski definition) is 15. The maximum Gasteiger partial charge on any atom is 0.335 e. The summed E-state index contributed by atoms with van der Waals surface area (Å²) >= 11 is 0. The number of carbonyl (C=O) groups is 1. The van der Waals surface area contributed by atoms with Crippen LogP contribution in [0.25, 0.3) is 22.3 Å². The maximum absolute atomic E-state index is 13.0. The summed E-state index contributed by atoms with van der Waals surface area (Å²) in [6.07, 6.45) is -16.0. The van der Waals surface area contributed by atoms with Crippen molar-refractivity contribution in [1.82, 2.24) is 0 Å². The van der Waals surface area contributed by atoms with Gasteiger partial charge in [0.05, 0.1) is 13.2 Å². The van der Waals surface area contributed by atoms with Gasteiger partial charge in [-0.15, -0.1) is 0 Å². The SMILES string of the molecule is COc1cc(-c2cc(=O)c3c(O)cc(O[C@H]4O[C@@H](C(=O)O)[C@H](O)[C@@H](O)[C@@H]4O)cc3o2)ccc1O[C@@H]1O[C@@H](C)[C@H](O)[C@H](O)[C@H]1O. The summed E-state index contributed by atoms with van der Waals surface area (Å²) in [5, 5.41) is 80.0. The lowest BCUT2D eigenvalue weighted by Gasteiger charge is -2.39. The number of aliphatic hydroxyl groups is 6. The summed E-state index contributed by atoms with van der Waals surface area (Å²) in [7, 11) is 1.33. The van der Waals surface area contributed by atoms with Crippen molar-refractivity contribution >= 4 is 16.9 Å². The number of aromatic hydroxyl groups is 1. The van der Waals surface area contributed by atoms with Gasteiger partial charge in [-0.2, -0.15) is 0 Å². The van der Waals surface area contributed by atoms with E-state index in [1.54, 1.807) is 0 Å². The van der Waals surface area contributed by atoms with Crippen LogP contribution in [0.4, 0.5) is 0 Å². The largest absolute Gasteiger partial charge is 0.507 e. The Bertz CT molecular complexity index is 1590. The first kappa shape index (κ1) is 31.4. The second-order valence-electron chi connectivity index (χ2n) is 10.3. The van der Waals surface area contributed by atoms with E-state index in [1.807, 2.05) is 0 Å². The minimum atomic E-state index is -1.94. The van der Waals surface area contributed by atoms with Crippen LogP contribution < -0.4 is 19.6 Å². The number of fused-ring (bicyclic) bond motifs is 1. The number of rotatable bonds is 7. The average Bonchev–Trinajstić information content (AvgIpc) is 2.98. The molecule has 0 unspecified atom stereocenters. The van der Waals surface area contributed by atoms with Crippen LogP contribution in [-0.4, -0.2) is 115 Å². The normalized spacial score (nSPS) is 32.3. The molecule has 0 aliphatic carbocycles. The number of phenols is 1. The summed E-state index contributed by atoms with van der Waals surface area (Å²) in [5.41, 5.74) is -0.522. The van der Waals surface area contributed by atoms with E-state index in [9.17, 15) is 50.4 Å². The molecule has 2 aromatic carbocycles. The van der Waals surface area contributed by atoms with E-state index in [0.717, 1.165) is 12.1 Å². The van der Waals surface area contributed by atoms with Crippen molar-refractivity contribution in [2.45, 2.75) is 68.3 Å². The highest BCUT2D eigenvalue weighted by molar-refractivity contribution is 5.86. The van der Waals surface area contributed by atoms with Gasteiger partial charge in [0.25, 0.3) is 0 Å². The Hall–Kier alpha value is -4.00. The lowest BCUT2D eigenvalue weighted by atomic mass is 9.99. The Morgan fingerprint density at radius 2 is 1.45 bits per heavy atom. The van der Waals surface area contributed by atoms with E-state index in [4.69, 9.17) is 28.1 Å². The Labute approximate surface area is 247 Å². The zero-order valence-corrected chi connectivity index (χ0v) is 23.1. The van der Waals surface area contributed by atoms with Crippen LogP contribution in [0.5, 0.6) is 23.0 Å². The van der Waals surface area contributed by atoms with Crippen molar-refractivity contribution in [3.05, 3.63) is 46.6 Å². The quantitative estimate of drug-likeness (QED) is 0.152. The van der Waals surface area contributed by atoms with Gasteiger partial charge in [0.15, 0.2) is 23.0 Å². The van der Waals surface area contributed by atoms with Gasteiger partial charge in [-0.25, -0.2) is 4.79 Å². The first-order valence-electron chi connectivity index (χ1n) is 13.3. The summed E-state index contributed by atoms with van der Waals surface area (Å²) in [6.45, 7) is 1.50. The number of aliphatic hydroxyl groups excluding tert-OH is 6. The molecule has 0 saturated carbocycles. The van der Waals surface area contributed by atoms with Crippen LogP contribution in [0.2, 0.25) is 0 Å². The molecule has 44 heavy (non-hydrogen) atoms. The molecule has 5 rings (SSSR count). The molecule has 238 valence electrons. The number of carboxylic acid groups (broad SMARTS) is 1. The fraction of sp³-hybridized carbons (Fsp3) is 0.429. The molecule has 0 spiro atoms. The molecule has 0 radical (unpaired) electrons. The summed E-state index contributed by atoms with van der Waals surface area (Å²) in [6, 6.07) is 7.62. The molecule has 2 aliphatic heterocycles. The number of carboxylic acids is 1. The lowest BCUT2D eigenvalue weighted by molar-refractivity contribution is -0.271. The van der Waals surface area contributed by atoms with Gasteiger partial charge < -0.3 is 69.0 Å². The molecule has 8 N–H and O–H groups in total. The van der Waals surface area contributed by atoms with E-state index >= 15 is 0 Å². The highest BCUT2D eigenvalue weighted by Crippen LogP contribution is 2.37. The molecule has 2 aliphatic rings. The first-order chi connectivity index (χ1) is 20.8. The number of aliphatic carboxylic acids is 1. The number of hydrogen-bond donors (Lipinski definition) is 8. The van der Waals surface area contributed by atoms with E-state index in [0.29, 0.717) is 5.56 Å². The summed E-state index contributed by atoms with van der Waals surface area (Å²) in [5.74, 6) is -2.22. The van der Waals surface area contributed by atoms with E-state index in [-0.39, 0.29) is 34.0 Å². The van der Waals surface area contributed by atoms with Crippen LogP contribution in [0.3, 0.4) is 0 Å². The molecule has 16 nitrogen and oxygen atoms in total. The number of methoxy groups -OCH3 is 1. The van der Waals surface area contributed by atoms with Crippen molar-refractivity contribution in [1.29, 1.82) is 0 Å². The van der Waals surface area contributed by atoms with E-state index in [1.165, 1.54) is 38.3 Å². The fourth-order valence-corrected chi connectivity index (χ4v) is 4.89. The molecule has 0 bridgehead atoms. The molecular formula is C28H30O16. The van der Waals surface area contributed by atoms with Gasteiger partial charge >= 0.3 is 5.97 Å². The highest BCUT2D eigenvalue weighted by atomic mass is 16.7. The first-order valence-corrected chi connectivity index (χ1v) is 13.3. The van der Waals surface area contributed by atoms with Gasteiger partial charge in [0.1, 0.15) is 64.9 Å². The van der Waals surface area contributed by atoms with E-state index < -0.39 is 78.6 Å². The van der Waals surface area contributed by atoms with E-state index in [2.05, 4.69) is 0 Å². The van der Waals surface area contributed by atoms with Gasteiger partial charge in [0.2, 0.25) is 12.6 Å². The zero-order valence-electron chi connectivity index (χ0n) is 23.1. The second kappa shape index (κ2) is 12.2. The summed E-state index contributed by atoms with van der Waals surface area (Å²) in [4.78, 5) is 24.4. The van der Waals surface area contributed by atoms with Crippen LogP contribution in [0.15, 0.2) is 45.6 Å². The topological polar surface area (TPSA) is 255 Å². The van der Waals surface area contributed by atoms with Crippen LogP contribution in [0.1, 0.15) is 6.92 Å². The standard InChI is InChI=1S/C28H30O16/c1-9-19(31)20(32)23(35)27(40-9)43-14-4-3-10(5-16(14)39-2)15-8-13(30)18-12(29)6-11(7-17(18)42-15)41-28-24(36)21(33)22(34)25(44-28)26(37)38/h3-9,19-25,27-29,31-36H,1-2H3,(H,37,38)/t9-,19-,20-,21+,22+,23+,24-,25+,27-,28-/m0/s1. The van der Waals surface area contributed by atoms with Crippen LogP contribution >= 0.6 is 0 Å². The number of phenolic OH excluding ortho intramolecular Hbond substituents is 1. The van der Waals surface area contributed by atoms with Crippen molar-refractivity contribution in [2.75, 3.05) is 7.11 Å². The van der Waals surface area contributed by atoms with Crippen molar-refractivity contribution in [3.8, 4) is 34.3 Å². The van der Waals surface area contributed by atoms with Gasteiger partial charge in [-0.05, 0) is 25.1 Å². The highest BCUT2D eigenvalue weighted by Gasteiger charge is 2.48. The van der Waals surface area contributed by atoms with Gasteiger partial charge in [-0.1, -0.05) is 0 Å². The molecule has 3 heterocycles. The lowest BCUT2D eigenvalue weighted by Crippen LogP contribution is -2.61. The zero-order chi connectivity index (χ0) is 32.0. The smallest absolute Gasteiger partial charge is 0.335 e. The van der Waals surface area contributed by atoms with Crippen molar-refractivity contribution in [3.63, 3.8) is 0 Å². The molecular weight excluding hydrogens is 592 g/mol. The Kier molecular flexibility index (Phi) is 8.70. The molecule has 1 aromatic heterocycles.